The van der Waals surface area contributed by atoms with Crippen molar-refractivity contribution in [2.45, 2.75) is 12.3 Å². The number of nitrogens with two attached hydrogens (primary N) is 1. The number of aromatic nitrogens is 1. The predicted molar refractivity (Wildman–Crippen MR) is 43.1 cm³/mol. The molecule has 0 saturated carbocycles. The molecule has 0 radical (unpaired) electrons. The van der Waals surface area contributed by atoms with Gasteiger partial charge in [0, 0.05) is 0 Å². The summed E-state index contributed by atoms with van der Waals surface area (Å²) in [5.41, 5.74) is 4.42. The van der Waals surface area contributed by atoms with Crippen LogP contribution in [0.3, 0.4) is 0 Å². The minimum atomic E-state index is -2.83. The van der Waals surface area contributed by atoms with Gasteiger partial charge in [0.05, 0.1) is 17.1 Å². The van der Waals surface area contributed by atoms with Gasteiger partial charge in [-0.05, 0) is 6.07 Å². The van der Waals surface area contributed by atoms with E-state index in [0.717, 1.165) is 0 Å². The molecule has 0 aliphatic carbocycles. The monoisotopic (exact) mass is 210 g/mol. The van der Waals surface area contributed by atoms with Gasteiger partial charge in [-0.15, -0.1) is 11.6 Å². The van der Waals surface area contributed by atoms with E-state index in [1.807, 2.05) is 0 Å². The minimum Gasteiger partial charge on any atom is -0.383 e. The Hall–Kier alpha value is -0.970. The quantitative estimate of drug-likeness (QED) is 0.762. The summed E-state index contributed by atoms with van der Waals surface area (Å²) in [5.74, 6) is -1.44. The fourth-order valence-corrected chi connectivity index (χ4v) is 1.01. The van der Waals surface area contributed by atoms with E-state index < -0.39 is 17.8 Å². The second-order valence-electron chi connectivity index (χ2n) is 2.33. The molecule has 0 spiro atoms. The molecule has 0 fully saturated rings. The highest BCUT2D eigenvalue weighted by molar-refractivity contribution is 6.16. The van der Waals surface area contributed by atoms with Gasteiger partial charge in [0.15, 0.2) is 0 Å². The maximum atomic E-state index is 12.9. The third-order valence-electron chi connectivity index (χ3n) is 1.47. The standard InChI is InChI=1S/C7H6ClF3N2/c8-2-5-4(9)1-3(6(10)11)7(12)13-5/h1,6H,2H2,(H2,12,13). The van der Waals surface area contributed by atoms with Gasteiger partial charge in [0.2, 0.25) is 0 Å². The molecule has 0 bridgehead atoms. The molecule has 0 saturated heterocycles. The molecule has 72 valence electrons. The van der Waals surface area contributed by atoms with Gasteiger partial charge in [0.1, 0.15) is 11.6 Å². The Balaban J connectivity index is 3.20. The maximum Gasteiger partial charge on any atom is 0.267 e. The molecular formula is C7H6ClF3N2. The van der Waals surface area contributed by atoms with Crippen LogP contribution in [0.15, 0.2) is 6.07 Å². The highest BCUT2D eigenvalue weighted by atomic mass is 35.5. The molecule has 0 aliphatic rings. The number of anilines is 1. The summed E-state index contributed by atoms with van der Waals surface area (Å²) >= 11 is 5.29. The average molecular weight is 211 g/mol. The van der Waals surface area contributed by atoms with E-state index in [1.54, 1.807) is 0 Å². The van der Waals surface area contributed by atoms with Crippen molar-refractivity contribution < 1.29 is 13.2 Å². The second-order valence-corrected chi connectivity index (χ2v) is 2.59. The van der Waals surface area contributed by atoms with E-state index in [0.29, 0.717) is 6.07 Å². The van der Waals surface area contributed by atoms with Gasteiger partial charge < -0.3 is 5.73 Å². The number of nitrogen functional groups attached to an aromatic ring is 1. The lowest BCUT2D eigenvalue weighted by molar-refractivity contribution is 0.151. The van der Waals surface area contributed by atoms with Gasteiger partial charge in [-0.3, -0.25) is 0 Å². The highest BCUT2D eigenvalue weighted by Crippen LogP contribution is 2.25. The van der Waals surface area contributed by atoms with Crippen molar-refractivity contribution in [3.05, 3.63) is 23.1 Å². The van der Waals surface area contributed by atoms with E-state index in [-0.39, 0.29) is 17.4 Å². The van der Waals surface area contributed by atoms with E-state index in [4.69, 9.17) is 17.3 Å². The summed E-state index contributed by atoms with van der Waals surface area (Å²) in [7, 11) is 0. The molecule has 6 heteroatoms. The fraction of sp³-hybridized carbons (Fsp3) is 0.286. The molecule has 13 heavy (non-hydrogen) atoms. The van der Waals surface area contributed by atoms with Crippen molar-refractivity contribution in [2.24, 2.45) is 0 Å². The first-order chi connectivity index (χ1) is 6.06. The van der Waals surface area contributed by atoms with Crippen LogP contribution in [0.5, 0.6) is 0 Å². The third-order valence-corrected chi connectivity index (χ3v) is 1.72. The van der Waals surface area contributed by atoms with Crippen molar-refractivity contribution in [2.75, 3.05) is 5.73 Å². The topological polar surface area (TPSA) is 38.9 Å². The Morgan fingerprint density at radius 1 is 1.54 bits per heavy atom. The molecular weight excluding hydrogens is 205 g/mol. The van der Waals surface area contributed by atoms with Crippen LogP contribution < -0.4 is 5.73 Å². The van der Waals surface area contributed by atoms with E-state index in [1.165, 1.54) is 0 Å². The Morgan fingerprint density at radius 2 is 2.15 bits per heavy atom. The van der Waals surface area contributed by atoms with Crippen LogP contribution in [0.1, 0.15) is 17.7 Å². The predicted octanol–water partition coefficient (Wildman–Crippen LogP) is 2.48. The molecule has 1 aromatic heterocycles. The molecule has 1 aromatic rings. The number of hydrogen-bond donors (Lipinski definition) is 1. The number of rotatable bonds is 2. The van der Waals surface area contributed by atoms with Gasteiger partial charge in [-0.1, -0.05) is 0 Å². The Morgan fingerprint density at radius 3 is 2.62 bits per heavy atom. The zero-order valence-corrected chi connectivity index (χ0v) is 7.15. The number of alkyl halides is 3. The Kier molecular flexibility index (Phi) is 2.98. The van der Waals surface area contributed by atoms with Crippen LogP contribution in [0.25, 0.3) is 0 Å². The van der Waals surface area contributed by atoms with E-state index in [9.17, 15) is 13.2 Å². The lowest BCUT2D eigenvalue weighted by Gasteiger charge is -2.05. The minimum absolute atomic E-state index is 0.122. The number of halogens is 4. The number of hydrogen-bond acceptors (Lipinski definition) is 2. The lowest BCUT2D eigenvalue weighted by Crippen LogP contribution is -2.03. The maximum absolute atomic E-state index is 12.9. The fourth-order valence-electron chi connectivity index (χ4n) is 0.826. The number of pyridine rings is 1. The summed E-state index contributed by atoms with van der Waals surface area (Å²) < 4.78 is 37.1. The van der Waals surface area contributed by atoms with Gasteiger partial charge >= 0.3 is 0 Å². The Bertz CT molecular complexity index is 317. The largest absolute Gasteiger partial charge is 0.383 e. The van der Waals surface area contributed by atoms with Crippen molar-refractivity contribution in [1.29, 1.82) is 0 Å². The van der Waals surface area contributed by atoms with Crippen LogP contribution in [0.2, 0.25) is 0 Å². The molecule has 0 aromatic carbocycles. The van der Waals surface area contributed by atoms with E-state index in [2.05, 4.69) is 4.98 Å². The van der Waals surface area contributed by atoms with Crippen LogP contribution in [0.4, 0.5) is 19.0 Å². The molecule has 1 heterocycles. The summed E-state index contributed by atoms with van der Waals surface area (Å²) in [6, 6.07) is 0.657. The first-order valence-electron chi connectivity index (χ1n) is 3.35. The normalized spacial score (nSPS) is 10.8. The third kappa shape index (κ3) is 2.03. The lowest BCUT2D eigenvalue weighted by atomic mass is 10.2. The van der Waals surface area contributed by atoms with Crippen LogP contribution in [-0.2, 0) is 5.88 Å². The van der Waals surface area contributed by atoms with Crippen molar-refractivity contribution in [1.82, 2.24) is 4.98 Å². The number of nitrogens with zero attached hydrogens (tertiary/aromatic N) is 1. The zero-order valence-electron chi connectivity index (χ0n) is 6.40. The molecule has 0 amide bonds. The molecule has 0 unspecified atom stereocenters. The molecule has 2 N–H and O–H groups in total. The molecule has 2 nitrogen and oxygen atoms in total. The molecule has 0 atom stereocenters. The first-order valence-corrected chi connectivity index (χ1v) is 3.88. The van der Waals surface area contributed by atoms with Crippen LogP contribution >= 0.6 is 11.6 Å². The van der Waals surface area contributed by atoms with Crippen molar-refractivity contribution >= 4 is 17.4 Å². The van der Waals surface area contributed by atoms with Crippen LogP contribution in [0, 0.1) is 5.82 Å². The summed E-state index contributed by atoms with van der Waals surface area (Å²) in [4.78, 5) is 3.40. The SMILES string of the molecule is Nc1nc(CCl)c(F)cc1C(F)F. The average Bonchev–Trinajstić information content (AvgIpc) is 2.07. The smallest absolute Gasteiger partial charge is 0.267 e. The van der Waals surface area contributed by atoms with Crippen LogP contribution in [-0.4, -0.2) is 4.98 Å². The van der Waals surface area contributed by atoms with E-state index >= 15 is 0 Å². The Labute approximate surface area is 77.5 Å². The van der Waals surface area contributed by atoms with Gasteiger partial charge in [0.25, 0.3) is 6.43 Å². The van der Waals surface area contributed by atoms with Crippen molar-refractivity contribution in [3.63, 3.8) is 0 Å². The highest BCUT2D eigenvalue weighted by Gasteiger charge is 2.16. The zero-order chi connectivity index (χ0) is 10.0. The second kappa shape index (κ2) is 3.83. The first kappa shape index (κ1) is 10.1. The molecule has 1 rings (SSSR count). The van der Waals surface area contributed by atoms with Gasteiger partial charge in [-0.2, -0.15) is 0 Å². The van der Waals surface area contributed by atoms with Crippen molar-refractivity contribution in [3.8, 4) is 0 Å². The molecule has 0 aliphatic heterocycles. The summed E-state index contributed by atoms with van der Waals surface area (Å²) in [6.07, 6.45) is -2.83. The van der Waals surface area contributed by atoms with Gasteiger partial charge in [-0.25, -0.2) is 18.2 Å². The summed E-state index contributed by atoms with van der Waals surface area (Å²) in [6.45, 7) is 0. The summed E-state index contributed by atoms with van der Waals surface area (Å²) in [5, 5.41) is 0.